The van der Waals surface area contributed by atoms with Gasteiger partial charge in [-0.25, -0.2) is 4.98 Å². The Hall–Kier alpha value is -2.76. The van der Waals surface area contributed by atoms with Gasteiger partial charge in [-0.1, -0.05) is 36.4 Å². The van der Waals surface area contributed by atoms with Crippen LogP contribution >= 0.6 is 0 Å². The average Bonchev–Trinajstić information content (AvgIpc) is 2.61. The molecule has 0 atom stereocenters. The lowest BCUT2D eigenvalue weighted by molar-refractivity contribution is 0.426. The third-order valence-corrected chi connectivity index (χ3v) is 3.95. The van der Waals surface area contributed by atoms with Crippen LogP contribution in [0, 0.1) is 0 Å². The van der Waals surface area contributed by atoms with Gasteiger partial charge in [0.15, 0.2) is 0 Å². The van der Waals surface area contributed by atoms with Gasteiger partial charge < -0.3 is 10.0 Å². The van der Waals surface area contributed by atoms with Crippen LogP contribution in [-0.4, -0.2) is 27.1 Å². The van der Waals surface area contributed by atoms with E-state index < -0.39 is 7.12 Å². The van der Waals surface area contributed by atoms with Crippen molar-refractivity contribution in [2.24, 2.45) is 0 Å². The zero-order valence-corrected chi connectivity index (χ0v) is 12.2. The Morgan fingerprint density at radius 3 is 2.39 bits per heavy atom. The fourth-order valence-electron chi connectivity index (χ4n) is 2.73. The first kappa shape index (κ1) is 13.9. The molecule has 0 saturated carbocycles. The Morgan fingerprint density at radius 1 is 0.826 bits per heavy atom. The summed E-state index contributed by atoms with van der Waals surface area (Å²) >= 11 is 0. The largest absolute Gasteiger partial charge is 0.488 e. The Kier molecular flexibility index (Phi) is 3.30. The van der Waals surface area contributed by atoms with Gasteiger partial charge in [-0.15, -0.1) is 0 Å². The van der Waals surface area contributed by atoms with E-state index in [4.69, 9.17) is 4.98 Å². The first-order chi connectivity index (χ1) is 11.2. The topological polar surface area (TPSA) is 66.2 Å². The van der Waals surface area contributed by atoms with Crippen LogP contribution < -0.4 is 5.46 Å². The second-order valence-corrected chi connectivity index (χ2v) is 5.40. The lowest BCUT2D eigenvalue weighted by Gasteiger charge is -2.07. The molecule has 2 heterocycles. The van der Waals surface area contributed by atoms with Crippen molar-refractivity contribution in [3.63, 3.8) is 0 Å². The SMILES string of the molecule is OB(O)c1ccc(-c2ccc3ccc4ncccc4c3n2)cc1. The number of aromatic nitrogens is 2. The Balaban J connectivity index is 1.89. The fraction of sp³-hybridized carbons (Fsp3) is 0. The number of pyridine rings is 2. The third kappa shape index (κ3) is 2.46. The molecule has 23 heavy (non-hydrogen) atoms. The van der Waals surface area contributed by atoms with Gasteiger partial charge in [-0.05, 0) is 29.7 Å². The third-order valence-electron chi connectivity index (χ3n) is 3.95. The van der Waals surface area contributed by atoms with Gasteiger partial charge in [0, 0.05) is 22.5 Å². The average molecular weight is 300 g/mol. The van der Waals surface area contributed by atoms with Gasteiger partial charge in [-0.3, -0.25) is 4.98 Å². The quantitative estimate of drug-likeness (QED) is 0.439. The minimum absolute atomic E-state index is 0.462. The summed E-state index contributed by atoms with van der Waals surface area (Å²) in [4.78, 5) is 9.15. The molecule has 0 aliphatic rings. The minimum Gasteiger partial charge on any atom is -0.423 e. The van der Waals surface area contributed by atoms with Gasteiger partial charge >= 0.3 is 7.12 Å². The van der Waals surface area contributed by atoms with E-state index in [0.717, 1.165) is 33.1 Å². The maximum Gasteiger partial charge on any atom is 0.488 e. The summed E-state index contributed by atoms with van der Waals surface area (Å²) in [7, 11) is -1.45. The van der Waals surface area contributed by atoms with Crippen LogP contribution in [0.3, 0.4) is 0 Å². The maximum atomic E-state index is 9.18. The van der Waals surface area contributed by atoms with Crippen molar-refractivity contribution in [3.8, 4) is 11.3 Å². The molecule has 2 N–H and O–H groups in total. The summed E-state index contributed by atoms with van der Waals surface area (Å²) in [5, 5.41) is 20.4. The van der Waals surface area contributed by atoms with Gasteiger partial charge in [-0.2, -0.15) is 0 Å². The standard InChI is InChI=1S/C18H13BN2O2/c22-19(23)14-7-3-12(4-8-14)16-9-5-13-6-10-17-15(18(13)21-16)2-1-11-20-17/h1-11,22-23H. The smallest absolute Gasteiger partial charge is 0.423 e. The molecule has 2 aromatic carbocycles. The molecule has 0 spiro atoms. The summed E-state index contributed by atoms with van der Waals surface area (Å²) in [5.74, 6) is 0. The number of rotatable bonds is 2. The monoisotopic (exact) mass is 300 g/mol. The van der Waals surface area contributed by atoms with E-state index in [1.165, 1.54) is 0 Å². The van der Waals surface area contributed by atoms with E-state index in [1.807, 2.05) is 48.5 Å². The second-order valence-electron chi connectivity index (χ2n) is 5.40. The van der Waals surface area contributed by atoms with Crippen LogP contribution in [0.4, 0.5) is 0 Å². The normalized spacial score (nSPS) is 11.0. The summed E-state index contributed by atoms with van der Waals surface area (Å²) in [5.41, 5.74) is 4.07. The number of nitrogens with zero attached hydrogens (tertiary/aromatic N) is 2. The van der Waals surface area contributed by atoms with Crippen molar-refractivity contribution in [1.82, 2.24) is 9.97 Å². The molecule has 0 aliphatic carbocycles. The molecule has 0 saturated heterocycles. The molecule has 2 aromatic heterocycles. The van der Waals surface area contributed by atoms with Crippen LogP contribution in [0.1, 0.15) is 0 Å². The molecular weight excluding hydrogens is 287 g/mol. The van der Waals surface area contributed by atoms with E-state index >= 15 is 0 Å². The van der Waals surface area contributed by atoms with Gasteiger partial charge in [0.05, 0.1) is 16.7 Å². The number of fused-ring (bicyclic) bond motifs is 3. The highest BCUT2D eigenvalue weighted by Crippen LogP contribution is 2.25. The zero-order chi connectivity index (χ0) is 15.8. The maximum absolute atomic E-state index is 9.18. The molecule has 0 radical (unpaired) electrons. The van der Waals surface area contributed by atoms with Crippen molar-refractivity contribution in [2.45, 2.75) is 0 Å². The summed E-state index contributed by atoms with van der Waals surface area (Å²) < 4.78 is 0. The molecule has 4 aromatic rings. The fourth-order valence-corrected chi connectivity index (χ4v) is 2.73. The molecule has 4 nitrogen and oxygen atoms in total. The molecule has 0 fully saturated rings. The lowest BCUT2D eigenvalue weighted by atomic mass is 9.80. The van der Waals surface area contributed by atoms with Gasteiger partial charge in [0.1, 0.15) is 0 Å². The Labute approximate surface area is 133 Å². The summed E-state index contributed by atoms with van der Waals surface area (Å²) in [6.45, 7) is 0. The van der Waals surface area contributed by atoms with Crippen LogP contribution in [0.2, 0.25) is 0 Å². The summed E-state index contributed by atoms with van der Waals surface area (Å²) in [6, 6.07) is 19.0. The molecule has 0 unspecified atom stereocenters. The number of hydrogen-bond acceptors (Lipinski definition) is 4. The van der Waals surface area contributed by atoms with Crippen LogP contribution in [0.25, 0.3) is 33.1 Å². The van der Waals surface area contributed by atoms with Crippen molar-refractivity contribution in [2.75, 3.05) is 0 Å². The van der Waals surface area contributed by atoms with Crippen LogP contribution in [-0.2, 0) is 0 Å². The first-order valence-electron chi connectivity index (χ1n) is 7.33. The van der Waals surface area contributed by atoms with Crippen LogP contribution in [0.5, 0.6) is 0 Å². The van der Waals surface area contributed by atoms with E-state index in [-0.39, 0.29) is 0 Å². The number of hydrogen-bond donors (Lipinski definition) is 2. The van der Waals surface area contributed by atoms with Crippen molar-refractivity contribution >= 4 is 34.4 Å². The van der Waals surface area contributed by atoms with Crippen molar-refractivity contribution < 1.29 is 10.0 Å². The molecule has 110 valence electrons. The molecule has 0 bridgehead atoms. The van der Waals surface area contributed by atoms with Crippen molar-refractivity contribution in [1.29, 1.82) is 0 Å². The molecular formula is C18H13BN2O2. The first-order valence-corrected chi connectivity index (χ1v) is 7.33. The molecule has 5 heteroatoms. The predicted molar refractivity (Wildman–Crippen MR) is 92.3 cm³/mol. The van der Waals surface area contributed by atoms with Crippen LogP contribution in [0.15, 0.2) is 66.9 Å². The highest BCUT2D eigenvalue weighted by atomic mass is 16.4. The zero-order valence-electron chi connectivity index (χ0n) is 12.2. The summed E-state index contributed by atoms with van der Waals surface area (Å²) in [6.07, 6.45) is 1.77. The van der Waals surface area contributed by atoms with E-state index in [2.05, 4.69) is 4.98 Å². The lowest BCUT2D eigenvalue weighted by Crippen LogP contribution is -2.29. The minimum atomic E-state index is -1.45. The second kappa shape index (κ2) is 5.46. The van der Waals surface area contributed by atoms with E-state index in [0.29, 0.717) is 5.46 Å². The molecule has 4 rings (SSSR count). The molecule has 0 aliphatic heterocycles. The van der Waals surface area contributed by atoms with Crippen molar-refractivity contribution in [3.05, 3.63) is 66.9 Å². The Bertz CT molecular complexity index is 1000. The Morgan fingerprint density at radius 2 is 1.61 bits per heavy atom. The molecule has 0 amide bonds. The van der Waals surface area contributed by atoms with E-state index in [9.17, 15) is 10.0 Å². The highest BCUT2D eigenvalue weighted by Gasteiger charge is 2.11. The predicted octanol–water partition coefficient (Wildman–Crippen LogP) is 2.13. The van der Waals surface area contributed by atoms with E-state index in [1.54, 1.807) is 18.3 Å². The van der Waals surface area contributed by atoms with Gasteiger partial charge in [0.25, 0.3) is 0 Å². The number of benzene rings is 2. The highest BCUT2D eigenvalue weighted by molar-refractivity contribution is 6.58. The van der Waals surface area contributed by atoms with Gasteiger partial charge in [0.2, 0.25) is 0 Å².